The number of nitrogens with zero attached hydrogens (tertiary/aromatic N) is 6. The van der Waals surface area contributed by atoms with Crippen molar-refractivity contribution >= 4 is 16.6 Å². The van der Waals surface area contributed by atoms with Crippen LogP contribution < -0.4 is 10.5 Å². The largest absolute Gasteiger partial charge is 0.395 e. The summed E-state index contributed by atoms with van der Waals surface area (Å²) in [6.45, 7) is 4.79. The first-order valence-corrected chi connectivity index (χ1v) is 9.06. The predicted octanol–water partition coefficient (Wildman–Crippen LogP) is 0.501. The average Bonchev–Trinajstić information content (AvgIpc) is 2.71. The van der Waals surface area contributed by atoms with Gasteiger partial charge in [0.1, 0.15) is 6.33 Å². The molecular weight excluding hydrogens is 344 g/mol. The molecule has 0 spiro atoms. The summed E-state index contributed by atoms with van der Waals surface area (Å²) in [6.07, 6.45) is 6.77. The Kier molecular flexibility index (Phi) is 5.08. The summed E-state index contributed by atoms with van der Waals surface area (Å²) in [5.74, 6) is 0. The third-order valence-electron chi connectivity index (χ3n) is 4.91. The molecule has 1 aliphatic heterocycles. The number of aliphatic hydroxyl groups excluding tert-OH is 1. The highest BCUT2D eigenvalue weighted by Crippen LogP contribution is 2.21. The molecule has 8 nitrogen and oxygen atoms in total. The van der Waals surface area contributed by atoms with Gasteiger partial charge in [-0.25, -0.2) is 15.0 Å². The molecule has 1 fully saturated rings. The van der Waals surface area contributed by atoms with E-state index in [0.717, 1.165) is 44.0 Å². The summed E-state index contributed by atoms with van der Waals surface area (Å²) < 4.78 is 1.44. The minimum Gasteiger partial charge on any atom is -0.395 e. The van der Waals surface area contributed by atoms with Gasteiger partial charge in [0.2, 0.25) is 0 Å². The van der Waals surface area contributed by atoms with Gasteiger partial charge >= 0.3 is 0 Å². The first kappa shape index (κ1) is 17.6. The van der Waals surface area contributed by atoms with Crippen molar-refractivity contribution < 1.29 is 5.11 Å². The standard InChI is InChI=1S/C19H22N6O2/c26-8-7-25-14-22-18-9-16(1-2-17(18)19(25)27)24-5-3-23(4-6-24)12-15-10-20-13-21-11-15/h1-2,9-11,13-14,26H,3-8,12H2. The summed E-state index contributed by atoms with van der Waals surface area (Å²) in [4.78, 5) is 29.6. The normalized spacial score (nSPS) is 15.4. The summed E-state index contributed by atoms with van der Waals surface area (Å²) in [6, 6.07) is 5.79. The number of aromatic nitrogens is 4. The van der Waals surface area contributed by atoms with Gasteiger partial charge in [0.05, 0.1) is 30.4 Å². The van der Waals surface area contributed by atoms with Crippen molar-refractivity contribution in [2.75, 3.05) is 37.7 Å². The van der Waals surface area contributed by atoms with Crippen LogP contribution in [0.5, 0.6) is 0 Å². The molecule has 1 aliphatic rings. The molecule has 0 atom stereocenters. The minimum atomic E-state index is -0.115. The molecule has 4 rings (SSSR count). The Morgan fingerprint density at radius 2 is 1.85 bits per heavy atom. The molecule has 0 aliphatic carbocycles. The zero-order valence-corrected chi connectivity index (χ0v) is 15.0. The lowest BCUT2D eigenvalue weighted by Gasteiger charge is -2.36. The lowest BCUT2D eigenvalue weighted by Crippen LogP contribution is -2.46. The number of hydrogen-bond donors (Lipinski definition) is 1. The van der Waals surface area contributed by atoms with Gasteiger partial charge < -0.3 is 10.0 Å². The molecule has 1 N–H and O–H groups in total. The van der Waals surface area contributed by atoms with Crippen LogP contribution in [-0.4, -0.2) is 62.3 Å². The van der Waals surface area contributed by atoms with Crippen LogP contribution in [0.1, 0.15) is 5.56 Å². The number of benzene rings is 1. The first-order valence-electron chi connectivity index (χ1n) is 9.06. The SMILES string of the molecule is O=c1c2ccc(N3CCN(Cc4cncnc4)CC3)cc2ncn1CCO. The quantitative estimate of drug-likeness (QED) is 0.704. The Morgan fingerprint density at radius 1 is 1.07 bits per heavy atom. The third kappa shape index (κ3) is 3.81. The number of hydrogen-bond acceptors (Lipinski definition) is 7. The highest BCUT2D eigenvalue weighted by atomic mass is 16.3. The number of anilines is 1. The van der Waals surface area contributed by atoms with Crippen LogP contribution in [0.4, 0.5) is 5.69 Å². The monoisotopic (exact) mass is 366 g/mol. The summed E-state index contributed by atoms with van der Waals surface area (Å²) in [5.41, 5.74) is 2.78. The second kappa shape index (κ2) is 7.81. The van der Waals surface area contributed by atoms with Gasteiger partial charge in [-0.05, 0) is 18.2 Å². The van der Waals surface area contributed by atoms with Crippen LogP contribution in [-0.2, 0) is 13.1 Å². The fraction of sp³-hybridized carbons (Fsp3) is 0.368. The van der Waals surface area contributed by atoms with E-state index in [1.165, 1.54) is 10.9 Å². The van der Waals surface area contributed by atoms with E-state index < -0.39 is 0 Å². The van der Waals surface area contributed by atoms with Crippen molar-refractivity contribution in [1.82, 2.24) is 24.4 Å². The average molecular weight is 366 g/mol. The summed E-state index contributed by atoms with van der Waals surface area (Å²) in [7, 11) is 0. The maximum Gasteiger partial charge on any atom is 0.261 e. The van der Waals surface area contributed by atoms with Crippen LogP contribution in [0.25, 0.3) is 10.9 Å². The molecule has 27 heavy (non-hydrogen) atoms. The topological polar surface area (TPSA) is 87.4 Å². The molecule has 0 radical (unpaired) electrons. The molecule has 0 saturated carbocycles. The van der Waals surface area contributed by atoms with Crippen molar-refractivity contribution in [3.8, 4) is 0 Å². The Labute approximate surface area is 156 Å². The van der Waals surface area contributed by atoms with Gasteiger partial charge in [0.25, 0.3) is 5.56 Å². The van der Waals surface area contributed by atoms with E-state index in [1.807, 2.05) is 30.6 Å². The predicted molar refractivity (Wildman–Crippen MR) is 103 cm³/mol. The molecule has 2 aromatic heterocycles. The molecule has 3 aromatic rings. The molecular formula is C19H22N6O2. The van der Waals surface area contributed by atoms with E-state index in [1.54, 1.807) is 6.33 Å². The van der Waals surface area contributed by atoms with Crippen molar-refractivity contribution in [2.45, 2.75) is 13.1 Å². The summed E-state index contributed by atoms with van der Waals surface area (Å²) >= 11 is 0. The summed E-state index contributed by atoms with van der Waals surface area (Å²) in [5, 5.41) is 9.62. The van der Waals surface area contributed by atoms with E-state index in [9.17, 15) is 4.79 Å². The van der Waals surface area contributed by atoms with Gasteiger partial charge in [0.15, 0.2) is 0 Å². The van der Waals surface area contributed by atoms with E-state index in [0.29, 0.717) is 10.9 Å². The molecule has 1 aromatic carbocycles. The minimum absolute atomic E-state index is 0.0788. The molecule has 1 saturated heterocycles. The molecule has 3 heterocycles. The van der Waals surface area contributed by atoms with Crippen LogP contribution in [0.2, 0.25) is 0 Å². The van der Waals surface area contributed by atoms with Gasteiger partial charge in [-0.2, -0.15) is 0 Å². The van der Waals surface area contributed by atoms with Crippen LogP contribution in [0, 0.1) is 0 Å². The lowest BCUT2D eigenvalue weighted by atomic mass is 10.2. The highest BCUT2D eigenvalue weighted by Gasteiger charge is 2.18. The van der Waals surface area contributed by atoms with Crippen molar-refractivity contribution in [3.63, 3.8) is 0 Å². The smallest absolute Gasteiger partial charge is 0.261 e. The molecule has 140 valence electrons. The van der Waals surface area contributed by atoms with E-state index in [2.05, 4.69) is 24.8 Å². The zero-order chi connectivity index (χ0) is 18.6. The van der Waals surface area contributed by atoms with Gasteiger partial charge in [-0.15, -0.1) is 0 Å². The fourth-order valence-electron chi connectivity index (χ4n) is 3.44. The Bertz CT molecular complexity index is 967. The molecule has 0 bridgehead atoms. The Morgan fingerprint density at radius 3 is 2.59 bits per heavy atom. The van der Waals surface area contributed by atoms with E-state index >= 15 is 0 Å². The number of aliphatic hydroxyl groups is 1. The number of rotatable bonds is 5. The van der Waals surface area contributed by atoms with Gasteiger partial charge in [0, 0.05) is 56.4 Å². The van der Waals surface area contributed by atoms with Crippen LogP contribution >= 0.6 is 0 Å². The number of fused-ring (bicyclic) bond motifs is 1. The van der Waals surface area contributed by atoms with Crippen molar-refractivity contribution in [3.05, 3.63) is 59.2 Å². The van der Waals surface area contributed by atoms with E-state index in [4.69, 9.17) is 5.11 Å². The Balaban J connectivity index is 1.46. The lowest BCUT2D eigenvalue weighted by molar-refractivity contribution is 0.249. The van der Waals surface area contributed by atoms with Gasteiger partial charge in [-0.3, -0.25) is 14.3 Å². The zero-order valence-electron chi connectivity index (χ0n) is 15.0. The molecule has 0 amide bonds. The second-order valence-corrected chi connectivity index (χ2v) is 6.68. The van der Waals surface area contributed by atoms with Crippen molar-refractivity contribution in [2.24, 2.45) is 0 Å². The van der Waals surface area contributed by atoms with Crippen LogP contribution in [0.3, 0.4) is 0 Å². The van der Waals surface area contributed by atoms with Crippen molar-refractivity contribution in [1.29, 1.82) is 0 Å². The first-order chi connectivity index (χ1) is 13.2. The maximum absolute atomic E-state index is 12.4. The van der Waals surface area contributed by atoms with Crippen LogP contribution in [0.15, 0.2) is 48.0 Å². The number of piperazine rings is 1. The van der Waals surface area contributed by atoms with E-state index in [-0.39, 0.29) is 18.7 Å². The fourth-order valence-corrected chi connectivity index (χ4v) is 3.44. The van der Waals surface area contributed by atoms with Gasteiger partial charge in [-0.1, -0.05) is 0 Å². The molecule has 8 heteroatoms. The Hall–Kier alpha value is -2.84. The highest BCUT2D eigenvalue weighted by molar-refractivity contribution is 5.81. The second-order valence-electron chi connectivity index (χ2n) is 6.68. The third-order valence-corrected chi connectivity index (χ3v) is 4.91. The molecule has 0 unspecified atom stereocenters. The maximum atomic E-state index is 12.4.